The SMILES string of the molecule is CC1(C)c2cc(-c3nc(-c4cc(-c5ccc6ccccc6c5)cc5oc6ccccc6c45)nc4c3sc3ccccc34)ccc2-c2c(-c3ccccc3)cccc21. The lowest BCUT2D eigenvalue weighted by Gasteiger charge is -2.22. The van der Waals surface area contributed by atoms with E-state index in [2.05, 4.69) is 172 Å². The number of hydrogen-bond acceptors (Lipinski definition) is 4. The van der Waals surface area contributed by atoms with Gasteiger partial charge in [0.15, 0.2) is 5.82 Å². The summed E-state index contributed by atoms with van der Waals surface area (Å²) in [5.74, 6) is 0.689. The van der Waals surface area contributed by atoms with Gasteiger partial charge in [-0.3, -0.25) is 0 Å². The topological polar surface area (TPSA) is 38.9 Å². The van der Waals surface area contributed by atoms with Gasteiger partial charge in [-0.15, -0.1) is 11.3 Å². The third-order valence-electron chi connectivity index (χ3n) is 12.1. The normalized spacial score (nSPS) is 13.2. The summed E-state index contributed by atoms with van der Waals surface area (Å²) in [6, 6.07) is 61.0. The molecule has 1 aliphatic rings. The minimum absolute atomic E-state index is 0.198. The lowest BCUT2D eigenvalue weighted by molar-refractivity contribution is 0.660. The summed E-state index contributed by atoms with van der Waals surface area (Å²) in [6.07, 6.45) is 0. The van der Waals surface area contributed by atoms with Crippen LogP contribution in [0.15, 0.2) is 174 Å². The summed E-state index contributed by atoms with van der Waals surface area (Å²) >= 11 is 1.77. The maximum Gasteiger partial charge on any atom is 0.161 e. The molecule has 0 fully saturated rings. The summed E-state index contributed by atoms with van der Waals surface area (Å²) in [4.78, 5) is 11.1. The Labute approximate surface area is 333 Å². The summed E-state index contributed by atoms with van der Waals surface area (Å²) in [5, 5.41) is 5.63. The van der Waals surface area contributed by atoms with E-state index in [1.54, 1.807) is 11.3 Å². The number of fused-ring (bicyclic) bond motifs is 10. The molecule has 0 radical (unpaired) electrons. The van der Waals surface area contributed by atoms with Crippen molar-refractivity contribution < 1.29 is 4.42 Å². The van der Waals surface area contributed by atoms with Crippen molar-refractivity contribution in [1.82, 2.24) is 9.97 Å². The minimum atomic E-state index is -0.198. The molecule has 1 aliphatic carbocycles. The van der Waals surface area contributed by atoms with Crippen LogP contribution < -0.4 is 0 Å². The van der Waals surface area contributed by atoms with Crippen molar-refractivity contribution in [3.8, 4) is 56.0 Å². The largest absolute Gasteiger partial charge is 0.456 e. The van der Waals surface area contributed by atoms with Crippen molar-refractivity contribution in [2.45, 2.75) is 19.3 Å². The zero-order valence-corrected chi connectivity index (χ0v) is 32.2. The van der Waals surface area contributed by atoms with Crippen LogP contribution in [0.1, 0.15) is 25.0 Å². The quantitative estimate of drug-likeness (QED) is 0.180. The van der Waals surface area contributed by atoms with E-state index >= 15 is 0 Å². The second-order valence-electron chi connectivity index (χ2n) is 15.7. The van der Waals surface area contributed by atoms with Crippen LogP contribution in [0, 0.1) is 0 Å². The third kappa shape index (κ3) is 4.84. The fraction of sp³-hybridized carbons (Fsp3) is 0.0566. The van der Waals surface area contributed by atoms with Crippen LogP contribution in [0.5, 0.6) is 0 Å². The Morgan fingerprint density at radius 2 is 1.26 bits per heavy atom. The van der Waals surface area contributed by atoms with E-state index < -0.39 is 0 Å². The number of aromatic nitrogens is 2. The van der Waals surface area contributed by atoms with E-state index in [0.717, 1.165) is 65.5 Å². The Hall–Kier alpha value is -6.88. The molecule has 57 heavy (non-hydrogen) atoms. The number of benzene rings is 8. The first-order valence-electron chi connectivity index (χ1n) is 19.5. The molecule has 268 valence electrons. The smallest absolute Gasteiger partial charge is 0.161 e. The number of nitrogens with zero attached hydrogens (tertiary/aromatic N) is 2. The number of thiophene rings is 1. The average molecular weight is 747 g/mol. The van der Waals surface area contributed by atoms with E-state index in [0.29, 0.717) is 5.82 Å². The maximum absolute atomic E-state index is 6.61. The average Bonchev–Trinajstić information content (AvgIpc) is 3.90. The highest BCUT2D eigenvalue weighted by Crippen LogP contribution is 2.53. The van der Waals surface area contributed by atoms with Crippen molar-refractivity contribution in [1.29, 1.82) is 0 Å². The summed E-state index contributed by atoms with van der Waals surface area (Å²) in [7, 11) is 0. The van der Waals surface area contributed by atoms with Gasteiger partial charge in [0.2, 0.25) is 0 Å². The first-order chi connectivity index (χ1) is 28.0. The van der Waals surface area contributed by atoms with Gasteiger partial charge in [-0.05, 0) is 91.7 Å². The lowest BCUT2D eigenvalue weighted by atomic mass is 9.81. The van der Waals surface area contributed by atoms with Gasteiger partial charge in [0.25, 0.3) is 0 Å². The van der Waals surface area contributed by atoms with E-state index in [-0.39, 0.29) is 5.41 Å². The number of hydrogen-bond donors (Lipinski definition) is 0. The van der Waals surface area contributed by atoms with E-state index in [4.69, 9.17) is 14.4 Å². The van der Waals surface area contributed by atoms with Crippen LogP contribution in [0.2, 0.25) is 0 Å². The minimum Gasteiger partial charge on any atom is -0.456 e. The lowest BCUT2D eigenvalue weighted by Crippen LogP contribution is -2.15. The molecular formula is C53H34N2OS. The Balaban J connectivity index is 1.12. The van der Waals surface area contributed by atoms with Gasteiger partial charge in [-0.2, -0.15) is 0 Å². The van der Waals surface area contributed by atoms with Gasteiger partial charge in [0.1, 0.15) is 11.2 Å². The van der Waals surface area contributed by atoms with E-state index in [1.807, 2.05) is 12.1 Å². The van der Waals surface area contributed by atoms with Gasteiger partial charge in [0, 0.05) is 37.4 Å². The number of rotatable bonds is 4. The zero-order valence-electron chi connectivity index (χ0n) is 31.4. The van der Waals surface area contributed by atoms with Gasteiger partial charge < -0.3 is 4.42 Å². The van der Waals surface area contributed by atoms with Crippen LogP contribution >= 0.6 is 11.3 Å². The van der Waals surface area contributed by atoms with E-state index in [9.17, 15) is 0 Å². The first kappa shape index (κ1) is 32.4. The van der Waals surface area contributed by atoms with Gasteiger partial charge in [-0.1, -0.05) is 147 Å². The van der Waals surface area contributed by atoms with Crippen LogP contribution in [-0.4, -0.2) is 9.97 Å². The molecule has 0 unspecified atom stereocenters. The fourth-order valence-corrected chi connectivity index (χ4v) is 10.4. The van der Waals surface area contributed by atoms with Gasteiger partial charge in [0.05, 0.1) is 15.9 Å². The van der Waals surface area contributed by atoms with Crippen LogP contribution in [0.4, 0.5) is 0 Å². The Morgan fingerprint density at radius 3 is 2.16 bits per heavy atom. The standard InChI is InChI=1S/C53H34N2OS/c1-53(2)42-20-12-19-37(32-14-4-3-5-15-32)47(42)38-26-25-35(29-43(38)53)49-51-50(40-18-9-11-22-46(40)57-51)55-52(54-49)41-28-36(34-24-23-31-13-6-7-16-33(31)27-34)30-45-48(41)39-17-8-10-21-44(39)56-45/h3-30H,1-2H3. The zero-order chi connectivity index (χ0) is 37.8. The molecule has 0 N–H and O–H groups in total. The molecule has 3 aromatic heterocycles. The van der Waals surface area contributed by atoms with Crippen LogP contribution in [0.25, 0.3) is 109 Å². The Bertz CT molecular complexity index is 3440. The molecule has 3 heterocycles. The molecule has 0 aliphatic heterocycles. The predicted molar refractivity (Wildman–Crippen MR) is 239 cm³/mol. The second kappa shape index (κ2) is 12.1. The molecule has 4 heteroatoms. The Kier molecular flexibility index (Phi) is 6.85. The monoisotopic (exact) mass is 746 g/mol. The van der Waals surface area contributed by atoms with Crippen molar-refractivity contribution in [3.63, 3.8) is 0 Å². The molecule has 0 saturated carbocycles. The highest BCUT2D eigenvalue weighted by Gasteiger charge is 2.37. The molecule has 0 atom stereocenters. The molecular weight excluding hydrogens is 713 g/mol. The maximum atomic E-state index is 6.61. The molecule has 0 bridgehead atoms. The highest BCUT2D eigenvalue weighted by atomic mass is 32.1. The molecule has 0 spiro atoms. The molecule has 3 nitrogen and oxygen atoms in total. The highest BCUT2D eigenvalue weighted by molar-refractivity contribution is 7.26. The predicted octanol–water partition coefficient (Wildman–Crippen LogP) is 14.9. The van der Waals surface area contributed by atoms with Crippen molar-refractivity contribution in [3.05, 3.63) is 181 Å². The third-order valence-corrected chi connectivity index (χ3v) is 13.2. The fourth-order valence-electron chi connectivity index (χ4n) is 9.27. The van der Waals surface area contributed by atoms with E-state index in [1.165, 1.54) is 48.9 Å². The van der Waals surface area contributed by atoms with Gasteiger partial charge >= 0.3 is 0 Å². The first-order valence-corrected chi connectivity index (χ1v) is 20.3. The molecule has 0 amide bonds. The van der Waals surface area contributed by atoms with Crippen molar-refractivity contribution >= 4 is 64.4 Å². The van der Waals surface area contributed by atoms with Gasteiger partial charge in [-0.25, -0.2) is 9.97 Å². The van der Waals surface area contributed by atoms with Crippen LogP contribution in [-0.2, 0) is 5.41 Å². The molecule has 0 saturated heterocycles. The van der Waals surface area contributed by atoms with Crippen LogP contribution in [0.3, 0.4) is 0 Å². The summed E-state index contributed by atoms with van der Waals surface area (Å²) in [5.41, 5.74) is 15.4. The number of para-hydroxylation sites is 1. The molecule has 11 aromatic rings. The van der Waals surface area contributed by atoms with Crippen molar-refractivity contribution in [2.75, 3.05) is 0 Å². The second-order valence-corrected chi connectivity index (χ2v) is 16.8. The summed E-state index contributed by atoms with van der Waals surface area (Å²) in [6.45, 7) is 4.71. The Morgan fingerprint density at radius 1 is 0.491 bits per heavy atom. The molecule has 12 rings (SSSR count). The van der Waals surface area contributed by atoms with Crippen molar-refractivity contribution in [2.24, 2.45) is 0 Å². The summed E-state index contributed by atoms with van der Waals surface area (Å²) < 4.78 is 8.91. The molecule has 8 aromatic carbocycles. The number of furan rings is 1.